The molecule has 0 saturated heterocycles. The molecule has 0 heterocycles. The van der Waals surface area contributed by atoms with Crippen LogP contribution in [0.4, 0.5) is 0 Å². The maximum absolute atomic E-state index is 12.5. The lowest BCUT2D eigenvalue weighted by atomic mass is 10.0. The van der Waals surface area contributed by atoms with Crippen molar-refractivity contribution in [3.8, 4) is 0 Å². The topological polar surface area (TPSA) is 94.1 Å². The summed E-state index contributed by atoms with van der Waals surface area (Å²) in [6.45, 7) is 3.68. The number of hydrogen-bond acceptors (Lipinski definition) is 6. The lowest BCUT2D eigenvalue weighted by Gasteiger charge is -2.19. The number of carbonyl (C=O) groups excluding carboxylic acids is 1. The third kappa shape index (κ3) is 7.06. The van der Waals surface area contributed by atoms with Crippen LogP contribution in [-0.2, 0) is 24.4 Å². The van der Waals surface area contributed by atoms with E-state index in [2.05, 4.69) is 19.5 Å². The summed E-state index contributed by atoms with van der Waals surface area (Å²) in [6.07, 6.45) is 4.84. The van der Waals surface area contributed by atoms with Crippen LogP contribution in [0.5, 0.6) is 0 Å². The fourth-order valence-corrected chi connectivity index (χ4v) is 3.21. The number of nitrogens with zero attached hydrogens (tertiary/aromatic N) is 1. The number of hydrogen-bond donors (Lipinski definition) is 1. The molecule has 0 saturated carbocycles. The fourth-order valence-electron chi connectivity index (χ4n) is 1.95. The second-order valence-electron chi connectivity index (χ2n) is 5.46. The van der Waals surface area contributed by atoms with E-state index in [1.807, 2.05) is 6.92 Å². The third-order valence-corrected chi connectivity index (χ3v) is 4.94. The summed E-state index contributed by atoms with van der Waals surface area (Å²) in [4.78, 5) is 16.0. The predicted octanol–water partition coefficient (Wildman–Crippen LogP) is 2.03. The summed E-state index contributed by atoms with van der Waals surface area (Å²) in [5.41, 5.74) is 0.968. The first-order chi connectivity index (χ1) is 11.8. The van der Waals surface area contributed by atoms with Gasteiger partial charge in [0.1, 0.15) is 7.11 Å². The molecule has 0 aromatic heterocycles. The maximum Gasteiger partial charge on any atom is 0.309 e. The Balaban J connectivity index is 2.92. The van der Waals surface area contributed by atoms with Crippen molar-refractivity contribution in [2.24, 2.45) is 11.1 Å². The molecule has 1 aromatic carbocycles. The first-order valence-corrected chi connectivity index (χ1v) is 9.17. The number of methoxy groups -OCH3 is 1. The minimum absolute atomic E-state index is 0.111. The van der Waals surface area contributed by atoms with Crippen LogP contribution in [0.25, 0.3) is 0 Å². The zero-order chi connectivity index (χ0) is 18.9. The van der Waals surface area contributed by atoms with Gasteiger partial charge in [0, 0.05) is 0 Å². The maximum atomic E-state index is 12.5. The van der Waals surface area contributed by atoms with Crippen LogP contribution in [0, 0.1) is 12.8 Å². The van der Waals surface area contributed by atoms with E-state index >= 15 is 0 Å². The van der Waals surface area contributed by atoms with Crippen LogP contribution in [-0.4, -0.2) is 40.9 Å². The highest BCUT2D eigenvalue weighted by molar-refractivity contribution is 7.89. The normalized spacial score (nSPS) is 14.6. The Bertz CT molecular complexity index is 711. The van der Waals surface area contributed by atoms with E-state index < -0.39 is 16.1 Å². The van der Waals surface area contributed by atoms with Gasteiger partial charge in [-0.25, -0.2) is 13.1 Å². The van der Waals surface area contributed by atoms with Crippen LogP contribution in [0.1, 0.15) is 18.9 Å². The smallest absolute Gasteiger partial charge is 0.309 e. The highest BCUT2D eigenvalue weighted by Gasteiger charge is 2.22. The van der Waals surface area contributed by atoms with Crippen molar-refractivity contribution in [2.45, 2.75) is 31.2 Å². The highest BCUT2D eigenvalue weighted by Crippen LogP contribution is 2.13. The summed E-state index contributed by atoms with van der Waals surface area (Å²) in [5, 5.41) is 3.67. The van der Waals surface area contributed by atoms with E-state index in [9.17, 15) is 13.2 Å². The number of rotatable bonds is 9. The van der Waals surface area contributed by atoms with Gasteiger partial charge >= 0.3 is 5.97 Å². The average molecular weight is 368 g/mol. The summed E-state index contributed by atoms with van der Waals surface area (Å²) < 4.78 is 32.2. The number of sulfonamides is 1. The Hall–Kier alpha value is -2.19. The van der Waals surface area contributed by atoms with Crippen LogP contribution in [0.2, 0.25) is 0 Å². The highest BCUT2D eigenvalue weighted by atomic mass is 32.2. The quantitative estimate of drug-likeness (QED) is 0.311. The zero-order valence-corrected chi connectivity index (χ0v) is 15.6. The first-order valence-electron chi connectivity index (χ1n) is 7.69. The van der Waals surface area contributed by atoms with Gasteiger partial charge in [-0.2, -0.15) is 0 Å². The van der Waals surface area contributed by atoms with E-state index in [1.165, 1.54) is 20.4 Å². The van der Waals surface area contributed by atoms with E-state index in [0.29, 0.717) is 0 Å². The van der Waals surface area contributed by atoms with Crippen LogP contribution in [0.3, 0.4) is 0 Å². The van der Waals surface area contributed by atoms with Crippen molar-refractivity contribution in [3.05, 3.63) is 42.0 Å². The van der Waals surface area contributed by atoms with Gasteiger partial charge in [0.2, 0.25) is 10.0 Å². The molecule has 8 heteroatoms. The van der Waals surface area contributed by atoms with Gasteiger partial charge < -0.3 is 9.57 Å². The molecule has 0 amide bonds. The summed E-state index contributed by atoms with van der Waals surface area (Å²) in [6, 6.07) is 5.90. The van der Waals surface area contributed by atoms with Crippen molar-refractivity contribution >= 4 is 22.2 Å². The molecule has 0 unspecified atom stereocenters. The Kier molecular flexibility index (Phi) is 8.30. The zero-order valence-electron chi connectivity index (χ0n) is 14.8. The Labute approximate surface area is 148 Å². The first kappa shape index (κ1) is 20.9. The second kappa shape index (κ2) is 9.95. The summed E-state index contributed by atoms with van der Waals surface area (Å²) in [5.74, 6) is -0.630. The molecule has 0 aliphatic carbocycles. The molecule has 1 rings (SSSR count). The van der Waals surface area contributed by atoms with Crippen molar-refractivity contribution < 1.29 is 22.8 Å². The minimum atomic E-state index is -3.72. The van der Waals surface area contributed by atoms with Gasteiger partial charge in [-0.1, -0.05) is 41.9 Å². The minimum Gasteiger partial charge on any atom is -0.469 e. The van der Waals surface area contributed by atoms with Crippen molar-refractivity contribution in [2.75, 3.05) is 14.2 Å². The van der Waals surface area contributed by atoms with Gasteiger partial charge in [-0.05, 0) is 25.0 Å². The molecule has 0 bridgehead atoms. The predicted molar refractivity (Wildman–Crippen MR) is 95.7 cm³/mol. The van der Waals surface area contributed by atoms with E-state index in [-0.39, 0.29) is 23.2 Å². The fraction of sp³-hybridized carbons (Fsp3) is 0.412. The monoisotopic (exact) mass is 368 g/mol. The van der Waals surface area contributed by atoms with E-state index in [4.69, 9.17) is 0 Å². The second-order valence-corrected chi connectivity index (χ2v) is 7.18. The van der Waals surface area contributed by atoms with Crippen LogP contribution in [0.15, 0.2) is 46.5 Å². The molecule has 0 radical (unpaired) electrons. The van der Waals surface area contributed by atoms with E-state index in [0.717, 1.165) is 5.56 Å². The Morgan fingerprint density at radius 3 is 2.48 bits per heavy atom. The molecule has 0 spiro atoms. The molecular formula is C17H24N2O5S. The molecule has 1 N–H and O–H groups in total. The molecule has 1 aromatic rings. The van der Waals surface area contributed by atoms with E-state index in [1.54, 1.807) is 43.3 Å². The summed E-state index contributed by atoms with van der Waals surface area (Å²) in [7, 11) is -1.04. The molecule has 0 aliphatic heterocycles. The summed E-state index contributed by atoms with van der Waals surface area (Å²) >= 11 is 0. The number of esters is 1. The van der Waals surface area contributed by atoms with Gasteiger partial charge in [-0.3, -0.25) is 4.79 Å². The van der Waals surface area contributed by atoms with Crippen molar-refractivity contribution in [3.63, 3.8) is 0 Å². The molecular weight excluding hydrogens is 344 g/mol. The van der Waals surface area contributed by atoms with Gasteiger partial charge in [0.25, 0.3) is 0 Å². The number of oxime groups is 1. The Morgan fingerprint density at radius 2 is 1.92 bits per heavy atom. The van der Waals surface area contributed by atoms with Crippen molar-refractivity contribution in [1.29, 1.82) is 0 Å². The largest absolute Gasteiger partial charge is 0.469 e. The number of carbonyl (C=O) groups is 1. The van der Waals surface area contributed by atoms with Gasteiger partial charge in [-0.15, -0.1) is 0 Å². The van der Waals surface area contributed by atoms with Gasteiger partial charge in [0.05, 0.1) is 30.7 Å². The molecule has 7 nitrogen and oxygen atoms in total. The van der Waals surface area contributed by atoms with Crippen LogP contribution < -0.4 is 4.72 Å². The van der Waals surface area contributed by atoms with Crippen molar-refractivity contribution in [1.82, 2.24) is 4.72 Å². The Morgan fingerprint density at radius 1 is 1.28 bits per heavy atom. The van der Waals surface area contributed by atoms with Crippen LogP contribution >= 0.6 is 0 Å². The lowest BCUT2D eigenvalue weighted by Crippen LogP contribution is -2.40. The molecule has 0 aliphatic rings. The SMILES string of the molecule is CON=C[C@@H](NS(=O)(=O)c1ccc(C)cc1)[C@H](C)C=CCC(=O)OC. The molecule has 25 heavy (non-hydrogen) atoms. The number of nitrogens with one attached hydrogen (secondary N) is 1. The number of aryl methyl sites for hydroxylation is 1. The average Bonchev–Trinajstić information content (AvgIpc) is 2.58. The standard InChI is InChI=1S/C17H24N2O5S/c1-13-8-10-15(11-9-13)25(21,22)19-16(12-18-24-4)14(2)6-5-7-17(20)23-3/h5-6,8-12,14,16,19H,7H2,1-4H3/t14-,16-/m1/s1. The lowest BCUT2D eigenvalue weighted by molar-refractivity contribution is -0.139. The molecule has 138 valence electrons. The molecule has 0 fully saturated rings. The molecule has 2 atom stereocenters. The number of ether oxygens (including phenoxy) is 1. The van der Waals surface area contributed by atoms with Gasteiger partial charge in [0.15, 0.2) is 0 Å². The third-order valence-electron chi connectivity index (χ3n) is 3.47. The number of benzene rings is 1.